The van der Waals surface area contributed by atoms with E-state index < -0.39 is 40.7 Å². The third-order valence-corrected chi connectivity index (χ3v) is 7.50. The molecule has 1 unspecified atom stereocenters. The maximum atomic E-state index is 13.6. The van der Waals surface area contributed by atoms with Crippen molar-refractivity contribution in [2.75, 3.05) is 12.4 Å². The number of aliphatic carboxylic acids is 1. The van der Waals surface area contributed by atoms with Gasteiger partial charge in [0.05, 0.1) is 6.61 Å². The third kappa shape index (κ3) is 4.48. The van der Waals surface area contributed by atoms with Crippen LogP contribution in [-0.2, 0) is 36.1 Å². The van der Waals surface area contributed by atoms with Gasteiger partial charge in [0.15, 0.2) is 0 Å². The van der Waals surface area contributed by atoms with Crippen LogP contribution in [0.5, 0.6) is 0 Å². The predicted molar refractivity (Wildman–Crippen MR) is 130 cm³/mol. The topological polar surface area (TPSA) is 159 Å². The van der Waals surface area contributed by atoms with Crippen LogP contribution in [0.2, 0.25) is 0 Å². The maximum absolute atomic E-state index is 13.6. The third-order valence-electron chi connectivity index (χ3n) is 6.17. The van der Waals surface area contributed by atoms with Crippen LogP contribution >= 0.6 is 11.8 Å². The molecule has 1 saturated heterocycles. The van der Waals surface area contributed by atoms with Gasteiger partial charge < -0.3 is 26.0 Å². The number of fused-ring (bicyclic) bond motifs is 1. The molecule has 2 amide bonds. The van der Waals surface area contributed by atoms with Gasteiger partial charge in [-0.1, -0.05) is 54.6 Å². The summed E-state index contributed by atoms with van der Waals surface area (Å²) in [5.41, 5.74) is 6.74. The van der Waals surface area contributed by atoms with Crippen LogP contribution < -0.4 is 11.1 Å². The number of aliphatic hydroxyl groups is 1. The number of thioether (sulfide) groups is 1. The Morgan fingerprint density at radius 1 is 1.14 bits per heavy atom. The van der Waals surface area contributed by atoms with E-state index in [4.69, 9.17) is 10.5 Å². The Bertz CT molecular complexity index is 1230. The summed E-state index contributed by atoms with van der Waals surface area (Å²) in [4.78, 5) is 50.9. The number of β-lactam (4-membered cyclic amide) rings is 1. The van der Waals surface area contributed by atoms with E-state index in [0.29, 0.717) is 22.3 Å². The van der Waals surface area contributed by atoms with Crippen molar-refractivity contribution in [2.45, 2.75) is 30.5 Å². The molecule has 2 aliphatic rings. The number of carboxylic acid groups (broad SMARTS) is 1. The fourth-order valence-corrected chi connectivity index (χ4v) is 5.57. The molecule has 1 fully saturated rings. The zero-order valence-electron chi connectivity index (χ0n) is 19.3. The monoisotopic (exact) mass is 511 g/mol. The molecule has 0 saturated carbocycles. The molecule has 0 aromatic heterocycles. The van der Waals surface area contributed by atoms with Gasteiger partial charge in [0.25, 0.3) is 5.91 Å². The summed E-state index contributed by atoms with van der Waals surface area (Å²) in [6, 6.07) is 14.3. The van der Waals surface area contributed by atoms with Gasteiger partial charge in [0, 0.05) is 18.2 Å². The van der Waals surface area contributed by atoms with Crippen LogP contribution in [0.3, 0.4) is 0 Å². The standard InChI is InChI=1S/C25H25N3O7S/c1-14(30)35-12-16-13-36-22-19(21(31)28(22)20(16)23(32)33)27-24(34)25(26,17-5-3-2-4-6-17)18-9-7-15(11-29)8-10-18/h2-10,19,22,29H,11-13,26H2,1H3,(H,27,34)(H,32,33)/t19-,22-,25?/m1/s1. The van der Waals surface area contributed by atoms with E-state index in [0.717, 1.165) is 4.90 Å². The number of ether oxygens (including phenoxy) is 1. The molecule has 188 valence electrons. The first-order valence-electron chi connectivity index (χ1n) is 11.1. The van der Waals surface area contributed by atoms with Crippen molar-refractivity contribution in [2.24, 2.45) is 5.73 Å². The summed E-state index contributed by atoms with van der Waals surface area (Å²) in [7, 11) is 0. The first-order valence-corrected chi connectivity index (χ1v) is 12.1. The number of hydrogen-bond acceptors (Lipinski definition) is 8. The number of carbonyl (C=O) groups excluding carboxylic acids is 3. The minimum absolute atomic E-state index is 0.167. The van der Waals surface area contributed by atoms with Crippen molar-refractivity contribution in [3.8, 4) is 0 Å². The number of nitrogens with one attached hydrogen (secondary N) is 1. The number of hydrogen-bond donors (Lipinski definition) is 4. The summed E-state index contributed by atoms with van der Waals surface area (Å²) in [5.74, 6) is -2.89. The molecule has 10 nitrogen and oxygen atoms in total. The number of rotatable bonds is 8. The molecule has 0 radical (unpaired) electrons. The number of aliphatic hydroxyl groups excluding tert-OH is 1. The normalized spacial score (nSPS) is 20.6. The molecule has 3 atom stereocenters. The molecule has 5 N–H and O–H groups in total. The first-order chi connectivity index (χ1) is 17.2. The summed E-state index contributed by atoms with van der Waals surface area (Å²) in [5, 5.41) is 21.2. The molecule has 0 aliphatic carbocycles. The molecule has 0 spiro atoms. The number of carboxylic acids is 1. The summed E-state index contributed by atoms with van der Waals surface area (Å²) in [6.45, 7) is 0.810. The summed E-state index contributed by atoms with van der Waals surface area (Å²) < 4.78 is 4.94. The molecule has 0 bridgehead atoms. The van der Waals surface area contributed by atoms with Gasteiger partial charge in [-0.3, -0.25) is 19.3 Å². The van der Waals surface area contributed by atoms with Crippen LogP contribution in [0.15, 0.2) is 65.9 Å². The molecule has 2 aromatic carbocycles. The average molecular weight is 512 g/mol. The lowest BCUT2D eigenvalue weighted by Crippen LogP contribution is -2.72. The smallest absolute Gasteiger partial charge is 0.352 e. The molecular formula is C25H25N3O7S. The fraction of sp³-hybridized carbons (Fsp3) is 0.280. The van der Waals surface area contributed by atoms with Crippen LogP contribution in [-0.4, -0.2) is 62.6 Å². The minimum atomic E-state index is -1.65. The Morgan fingerprint density at radius 3 is 2.36 bits per heavy atom. The lowest BCUT2D eigenvalue weighted by Gasteiger charge is -2.50. The van der Waals surface area contributed by atoms with Crippen molar-refractivity contribution >= 4 is 35.5 Å². The Balaban J connectivity index is 1.61. The van der Waals surface area contributed by atoms with Crippen molar-refractivity contribution in [1.82, 2.24) is 10.2 Å². The molecule has 2 aliphatic heterocycles. The van der Waals surface area contributed by atoms with Gasteiger partial charge in [0.2, 0.25) is 5.91 Å². The number of esters is 1. The molecule has 2 heterocycles. The Hall–Kier alpha value is -3.67. The number of carbonyl (C=O) groups is 4. The fourth-order valence-electron chi connectivity index (χ4n) is 4.24. The SMILES string of the molecule is CC(=O)OCC1=C(C(=O)O)N2C(=O)[C@@H](NC(=O)C(N)(c3ccccc3)c3ccc(CO)cc3)[C@H]2SC1. The molecular weight excluding hydrogens is 486 g/mol. The maximum Gasteiger partial charge on any atom is 0.352 e. The van der Waals surface area contributed by atoms with Gasteiger partial charge in [-0.25, -0.2) is 4.79 Å². The summed E-state index contributed by atoms with van der Waals surface area (Å²) >= 11 is 1.26. The zero-order valence-corrected chi connectivity index (χ0v) is 20.2. The largest absolute Gasteiger partial charge is 0.477 e. The van der Waals surface area contributed by atoms with Crippen LogP contribution in [0.1, 0.15) is 23.6 Å². The Labute approximate surface area is 211 Å². The van der Waals surface area contributed by atoms with Gasteiger partial charge in [-0.05, 0) is 16.7 Å². The highest BCUT2D eigenvalue weighted by Crippen LogP contribution is 2.41. The average Bonchev–Trinajstić information content (AvgIpc) is 2.89. The van der Waals surface area contributed by atoms with E-state index in [1.165, 1.54) is 18.7 Å². The van der Waals surface area contributed by atoms with E-state index in [1.54, 1.807) is 54.6 Å². The highest BCUT2D eigenvalue weighted by molar-refractivity contribution is 8.00. The van der Waals surface area contributed by atoms with E-state index in [1.807, 2.05) is 0 Å². The molecule has 2 aromatic rings. The first kappa shape index (κ1) is 25.4. The van der Waals surface area contributed by atoms with Gasteiger partial charge >= 0.3 is 11.9 Å². The Morgan fingerprint density at radius 2 is 1.78 bits per heavy atom. The van der Waals surface area contributed by atoms with E-state index in [2.05, 4.69) is 5.32 Å². The lowest BCUT2D eigenvalue weighted by molar-refractivity contribution is -0.151. The highest BCUT2D eigenvalue weighted by Gasteiger charge is 2.55. The van der Waals surface area contributed by atoms with Crippen molar-refractivity contribution in [1.29, 1.82) is 0 Å². The molecule has 11 heteroatoms. The molecule has 36 heavy (non-hydrogen) atoms. The number of nitrogens with two attached hydrogens (primary N) is 1. The second-order valence-electron chi connectivity index (χ2n) is 8.43. The molecule has 4 rings (SSSR count). The second kappa shape index (κ2) is 10.1. The number of nitrogens with zero attached hydrogens (tertiary/aromatic N) is 1. The van der Waals surface area contributed by atoms with Gasteiger partial charge in [-0.2, -0.15) is 0 Å². The Kier molecular flexibility index (Phi) is 7.16. The quantitative estimate of drug-likeness (QED) is 0.295. The highest BCUT2D eigenvalue weighted by atomic mass is 32.2. The van der Waals surface area contributed by atoms with Crippen LogP contribution in [0.4, 0.5) is 0 Å². The second-order valence-corrected chi connectivity index (χ2v) is 9.53. The summed E-state index contributed by atoms with van der Waals surface area (Å²) in [6.07, 6.45) is 0. The van der Waals surface area contributed by atoms with Gasteiger partial charge in [-0.15, -0.1) is 11.8 Å². The number of benzene rings is 2. The van der Waals surface area contributed by atoms with Crippen LogP contribution in [0, 0.1) is 0 Å². The van der Waals surface area contributed by atoms with E-state index in [9.17, 15) is 29.4 Å². The predicted octanol–water partition coefficient (Wildman–Crippen LogP) is 0.683. The van der Waals surface area contributed by atoms with Crippen molar-refractivity contribution in [3.63, 3.8) is 0 Å². The van der Waals surface area contributed by atoms with Crippen LogP contribution in [0.25, 0.3) is 0 Å². The van der Waals surface area contributed by atoms with E-state index in [-0.39, 0.29) is 24.7 Å². The van der Waals surface area contributed by atoms with Crippen molar-refractivity contribution < 1.29 is 34.1 Å². The van der Waals surface area contributed by atoms with E-state index >= 15 is 0 Å². The van der Waals surface area contributed by atoms with Gasteiger partial charge in [0.1, 0.15) is 29.3 Å². The number of amides is 2. The minimum Gasteiger partial charge on any atom is -0.477 e. The zero-order chi connectivity index (χ0) is 26.0. The van der Waals surface area contributed by atoms with Crippen molar-refractivity contribution in [3.05, 3.63) is 82.6 Å². The lowest BCUT2D eigenvalue weighted by atomic mass is 9.82.